The van der Waals surface area contributed by atoms with Gasteiger partial charge in [0.15, 0.2) is 0 Å². The summed E-state index contributed by atoms with van der Waals surface area (Å²) >= 11 is 1.68. The highest BCUT2D eigenvalue weighted by Gasteiger charge is 2.34. The van der Waals surface area contributed by atoms with E-state index in [1.165, 1.54) is 5.56 Å². The summed E-state index contributed by atoms with van der Waals surface area (Å²) in [4.78, 5) is 14.3. The Morgan fingerprint density at radius 3 is 2.94 bits per heavy atom. The van der Waals surface area contributed by atoms with Crippen LogP contribution in [-0.2, 0) is 11.3 Å². The summed E-state index contributed by atoms with van der Waals surface area (Å²) in [5, 5.41) is 4.17. The molecule has 18 heavy (non-hydrogen) atoms. The maximum Gasteiger partial charge on any atom is 0.240 e. The molecule has 0 saturated heterocycles. The molecule has 0 radical (unpaired) electrons. The minimum absolute atomic E-state index is 0.136. The van der Waals surface area contributed by atoms with Gasteiger partial charge in [0.1, 0.15) is 0 Å². The fraction of sp³-hybridized carbons (Fsp3) is 0.643. The first-order valence-corrected chi connectivity index (χ1v) is 7.73. The SMILES string of the molecule is CCCCC(N)C(=O)N(Cc1ccsc1)C1CC1. The van der Waals surface area contributed by atoms with Crippen LogP contribution >= 0.6 is 11.3 Å². The first kappa shape index (κ1) is 13.6. The number of hydrogen-bond donors (Lipinski definition) is 1. The van der Waals surface area contributed by atoms with E-state index in [0.717, 1.165) is 38.6 Å². The van der Waals surface area contributed by atoms with Crippen molar-refractivity contribution in [2.45, 2.75) is 57.7 Å². The molecule has 100 valence electrons. The number of nitrogens with zero attached hydrogens (tertiary/aromatic N) is 1. The summed E-state index contributed by atoms with van der Waals surface area (Å²) < 4.78 is 0. The van der Waals surface area contributed by atoms with E-state index in [-0.39, 0.29) is 11.9 Å². The van der Waals surface area contributed by atoms with Crippen molar-refractivity contribution in [3.8, 4) is 0 Å². The summed E-state index contributed by atoms with van der Waals surface area (Å²) in [5.74, 6) is 0.136. The van der Waals surface area contributed by atoms with Gasteiger partial charge in [0.05, 0.1) is 6.04 Å². The van der Waals surface area contributed by atoms with Gasteiger partial charge >= 0.3 is 0 Å². The zero-order valence-corrected chi connectivity index (χ0v) is 11.8. The molecule has 1 amide bonds. The van der Waals surface area contributed by atoms with Crippen molar-refractivity contribution < 1.29 is 4.79 Å². The molecule has 1 fully saturated rings. The number of unbranched alkanes of at least 4 members (excludes halogenated alkanes) is 1. The van der Waals surface area contributed by atoms with Crippen LogP contribution in [0.4, 0.5) is 0 Å². The summed E-state index contributed by atoms with van der Waals surface area (Å²) in [5.41, 5.74) is 7.24. The first-order chi connectivity index (χ1) is 8.72. The molecule has 1 aliphatic carbocycles. The third-order valence-electron chi connectivity index (χ3n) is 3.39. The van der Waals surface area contributed by atoms with Gasteiger partial charge in [-0.2, -0.15) is 11.3 Å². The summed E-state index contributed by atoms with van der Waals surface area (Å²) in [6.45, 7) is 2.86. The van der Waals surface area contributed by atoms with Crippen molar-refractivity contribution in [3.63, 3.8) is 0 Å². The molecule has 4 heteroatoms. The number of carbonyl (C=O) groups excluding carboxylic acids is 1. The fourth-order valence-electron chi connectivity index (χ4n) is 2.11. The number of hydrogen-bond acceptors (Lipinski definition) is 3. The molecule has 1 atom stereocenters. The molecular formula is C14H22N2OS. The van der Waals surface area contributed by atoms with Gasteiger partial charge in [-0.25, -0.2) is 0 Å². The molecule has 0 spiro atoms. The Bertz CT molecular complexity index is 373. The van der Waals surface area contributed by atoms with Crippen molar-refractivity contribution >= 4 is 17.2 Å². The van der Waals surface area contributed by atoms with Crippen LogP contribution in [0.1, 0.15) is 44.6 Å². The van der Waals surface area contributed by atoms with E-state index >= 15 is 0 Å². The lowest BCUT2D eigenvalue weighted by Crippen LogP contribution is -2.44. The highest BCUT2D eigenvalue weighted by atomic mass is 32.1. The third kappa shape index (κ3) is 3.56. The van der Waals surface area contributed by atoms with Crippen molar-refractivity contribution in [2.75, 3.05) is 0 Å². The monoisotopic (exact) mass is 266 g/mol. The van der Waals surface area contributed by atoms with E-state index in [2.05, 4.69) is 23.8 Å². The Morgan fingerprint density at radius 1 is 1.61 bits per heavy atom. The number of carbonyl (C=O) groups is 1. The summed E-state index contributed by atoms with van der Waals surface area (Å²) in [6.07, 6.45) is 5.20. The summed E-state index contributed by atoms with van der Waals surface area (Å²) in [7, 11) is 0. The molecule has 2 rings (SSSR count). The Hall–Kier alpha value is -0.870. The largest absolute Gasteiger partial charge is 0.334 e. The number of thiophene rings is 1. The highest BCUT2D eigenvalue weighted by molar-refractivity contribution is 7.07. The van der Waals surface area contributed by atoms with Crippen molar-refractivity contribution in [1.82, 2.24) is 4.90 Å². The lowest BCUT2D eigenvalue weighted by Gasteiger charge is -2.25. The van der Waals surface area contributed by atoms with Gasteiger partial charge in [-0.3, -0.25) is 4.79 Å². The van der Waals surface area contributed by atoms with Crippen molar-refractivity contribution in [1.29, 1.82) is 0 Å². The van der Waals surface area contributed by atoms with Crippen LogP contribution in [-0.4, -0.2) is 22.9 Å². The lowest BCUT2D eigenvalue weighted by molar-refractivity contribution is -0.134. The Kier molecular flexibility index (Phi) is 4.78. The van der Waals surface area contributed by atoms with Gasteiger partial charge in [-0.15, -0.1) is 0 Å². The molecule has 1 unspecified atom stereocenters. The van der Waals surface area contributed by atoms with Crippen molar-refractivity contribution in [3.05, 3.63) is 22.4 Å². The zero-order chi connectivity index (χ0) is 13.0. The molecule has 2 N–H and O–H groups in total. The van der Waals surface area contributed by atoms with Crippen LogP contribution in [0, 0.1) is 0 Å². The van der Waals surface area contributed by atoms with E-state index in [1.54, 1.807) is 11.3 Å². The van der Waals surface area contributed by atoms with E-state index in [9.17, 15) is 4.79 Å². The molecule has 0 aliphatic heterocycles. The van der Waals surface area contributed by atoms with E-state index < -0.39 is 0 Å². The number of nitrogens with two attached hydrogens (primary N) is 1. The number of amides is 1. The first-order valence-electron chi connectivity index (χ1n) is 6.79. The average molecular weight is 266 g/mol. The van der Waals surface area contributed by atoms with Crippen LogP contribution in [0.25, 0.3) is 0 Å². The van der Waals surface area contributed by atoms with Gasteiger partial charge in [0.2, 0.25) is 5.91 Å². The molecule has 0 bridgehead atoms. The van der Waals surface area contributed by atoms with Crippen molar-refractivity contribution in [2.24, 2.45) is 5.73 Å². The predicted molar refractivity (Wildman–Crippen MR) is 75.4 cm³/mol. The maximum absolute atomic E-state index is 12.4. The smallest absolute Gasteiger partial charge is 0.240 e. The lowest BCUT2D eigenvalue weighted by atomic mass is 10.1. The number of rotatable bonds is 7. The third-order valence-corrected chi connectivity index (χ3v) is 4.12. The molecule has 1 aromatic rings. The minimum atomic E-state index is -0.316. The Labute approximate surface area is 113 Å². The van der Waals surface area contributed by atoms with Gasteiger partial charge in [-0.1, -0.05) is 19.8 Å². The van der Waals surface area contributed by atoms with Gasteiger partial charge < -0.3 is 10.6 Å². The molecule has 1 aromatic heterocycles. The minimum Gasteiger partial charge on any atom is -0.334 e. The van der Waals surface area contributed by atoms with Gasteiger partial charge in [0, 0.05) is 12.6 Å². The van der Waals surface area contributed by atoms with Gasteiger partial charge in [-0.05, 0) is 41.7 Å². The molecule has 0 aromatic carbocycles. The standard InChI is InChI=1S/C14H22N2OS/c1-2-3-4-13(15)14(17)16(12-5-6-12)9-11-7-8-18-10-11/h7-8,10,12-13H,2-6,9,15H2,1H3. The predicted octanol–water partition coefficient (Wildman–Crippen LogP) is 2.76. The Morgan fingerprint density at radius 2 is 2.39 bits per heavy atom. The molecule has 1 heterocycles. The molecular weight excluding hydrogens is 244 g/mol. The molecule has 3 nitrogen and oxygen atoms in total. The molecule has 1 aliphatic rings. The second-order valence-electron chi connectivity index (χ2n) is 5.08. The molecule has 1 saturated carbocycles. The topological polar surface area (TPSA) is 46.3 Å². The van der Waals surface area contributed by atoms with E-state index in [0.29, 0.717) is 6.04 Å². The average Bonchev–Trinajstić information content (AvgIpc) is 3.09. The second kappa shape index (κ2) is 6.34. The van der Waals surface area contributed by atoms with Crippen LogP contribution in [0.2, 0.25) is 0 Å². The maximum atomic E-state index is 12.4. The summed E-state index contributed by atoms with van der Waals surface area (Å²) in [6, 6.07) is 2.21. The Balaban J connectivity index is 1.94. The van der Waals surface area contributed by atoms with Crippen LogP contribution in [0.5, 0.6) is 0 Å². The van der Waals surface area contributed by atoms with Crippen LogP contribution < -0.4 is 5.73 Å². The fourth-order valence-corrected chi connectivity index (χ4v) is 2.77. The van der Waals surface area contributed by atoms with E-state index in [4.69, 9.17) is 5.73 Å². The van der Waals surface area contributed by atoms with E-state index in [1.807, 2.05) is 4.90 Å². The normalized spacial score (nSPS) is 16.6. The van der Waals surface area contributed by atoms with Crippen LogP contribution in [0.3, 0.4) is 0 Å². The van der Waals surface area contributed by atoms with Crippen LogP contribution in [0.15, 0.2) is 16.8 Å². The van der Waals surface area contributed by atoms with Gasteiger partial charge in [0.25, 0.3) is 0 Å². The zero-order valence-electron chi connectivity index (χ0n) is 11.0. The highest BCUT2D eigenvalue weighted by Crippen LogP contribution is 2.29. The second-order valence-corrected chi connectivity index (χ2v) is 5.86. The quantitative estimate of drug-likeness (QED) is 0.825.